The van der Waals surface area contributed by atoms with Crippen LogP contribution in [-0.4, -0.2) is 55.7 Å². The lowest BCUT2D eigenvalue weighted by molar-refractivity contribution is -0.316. The molecule has 0 rings (SSSR count). The number of nitrogens with one attached hydrogen (secondary N) is 1. The Morgan fingerprint density at radius 3 is 2.20 bits per heavy atom. The van der Waals surface area contributed by atoms with Crippen LogP contribution in [-0.2, 0) is 0 Å². The van der Waals surface area contributed by atoms with Crippen LogP contribution in [0.2, 0.25) is 0 Å². The number of aliphatic hydroxyl groups is 3. The van der Waals surface area contributed by atoms with E-state index in [9.17, 15) is 15.3 Å². The topological polar surface area (TPSA) is 142 Å². The van der Waals surface area contributed by atoms with E-state index in [2.05, 4.69) is 5.32 Å². The number of rotatable bonds is 7. The minimum Gasteiger partial charge on any atom is -0.370 e. The highest BCUT2D eigenvalue weighted by atomic mass is 16.8. The van der Waals surface area contributed by atoms with E-state index in [0.29, 0.717) is 6.42 Å². The van der Waals surface area contributed by atoms with Crippen LogP contribution in [0.3, 0.4) is 0 Å². The summed E-state index contributed by atoms with van der Waals surface area (Å²) in [5, 5.41) is 46.9. The van der Waals surface area contributed by atoms with E-state index < -0.39 is 11.6 Å². The Morgan fingerprint density at radius 1 is 1.27 bits per heavy atom. The van der Waals surface area contributed by atoms with Crippen LogP contribution in [0.1, 0.15) is 19.8 Å². The molecule has 92 valence electrons. The average Bonchev–Trinajstić information content (AvgIpc) is 2.02. The average molecular weight is 225 g/mol. The third-order valence-corrected chi connectivity index (χ3v) is 1.92. The highest BCUT2D eigenvalue weighted by molar-refractivity contribution is 4.84. The van der Waals surface area contributed by atoms with Crippen molar-refractivity contribution in [2.75, 3.05) is 13.1 Å². The van der Waals surface area contributed by atoms with Crippen molar-refractivity contribution in [1.29, 1.82) is 0 Å². The first-order valence-corrected chi connectivity index (χ1v) is 4.59. The zero-order chi connectivity index (χ0) is 12.1. The number of nitrogens with zero attached hydrogens (tertiary/aromatic N) is 1. The fraction of sp³-hybridized carbons (Fsp3) is 1.00. The molecular formula is C7H19N3O5. The molecule has 0 aromatic rings. The third-order valence-electron chi connectivity index (χ3n) is 1.92. The lowest BCUT2D eigenvalue weighted by Crippen LogP contribution is -2.68. The van der Waals surface area contributed by atoms with Gasteiger partial charge in [-0.1, -0.05) is 18.6 Å². The number of hydroxylamine groups is 2. The van der Waals surface area contributed by atoms with Gasteiger partial charge in [0.15, 0.2) is 5.72 Å². The van der Waals surface area contributed by atoms with Crippen molar-refractivity contribution in [2.24, 2.45) is 5.73 Å². The van der Waals surface area contributed by atoms with Gasteiger partial charge in [-0.3, -0.25) is 21.5 Å². The van der Waals surface area contributed by atoms with Crippen LogP contribution in [0.5, 0.6) is 0 Å². The molecule has 15 heavy (non-hydrogen) atoms. The maximum Gasteiger partial charge on any atom is 0.267 e. The van der Waals surface area contributed by atoms with Crippen LogP contribution < -0.4 is 11.1 Å². The summed E-state index contributed by atoms with van der Waals surface area (Å²) in [5.74, 6) is -2.68. The van der Waals surface area contributed by atoms with Crippen molar-refractivity contribution in [3.05, 3.63) is 0 Å². The van der Waals surface area contributed by atoms with Gasteiger partial charge in [0.25, 0.3) is 5.91 Å². The summed E-state index contributed by atoms with van der Waals surface area (Å²) < 4.78 is 0. The number of nitrogens with two attached hydrogens (primary N) is 1. The summed E-state index contributed by atoms with van der Waals surface area (Å²) in [5.41, 5.74) is 3.08. The molecule has 0 bridgehead atoms. The van der Waals surface area contributed by atoms with E-state index in [-0.39, 0.29) is 24.7 Å². The van der Waals surface area contributed by atoms with E-state index in [1.165, 1.54) is 0 Å². The second-order valence-corrected chi connectivity index (χ2v) is 3.37. The van der Waals surface area contributed by atoms with E-state index in [1.54, 1.807) is 6.92 Å². The number of hydrogen-bond donors (Lipinski definition) is 7. The molecule has 0 saturated carbocycles. The summed E-state index contributed by atoms with van der Waals surface area (Å²) in [4.78, 5) is 0. The lowest BCUT2D eigenvalue weighted by Gasteiger charge is -2.36. The Hall–Kier alpha value is -0.320. The van der Waals surface area contributed by atoms with Gasteiger partial charge in [-0.15, -0.1) is 0 Å². The second-order valence-electron chi connectivity index (χ2n) is 3.37. The summed E-state index contributed by atoms with van der Waals surface area (Å²) >= 11 is 0. The molecule has 0 aromatic heterocycles. The first kappa shape index (κ1) is 14.7. The molecule has 0 aliphatic heterocycles. The van der Waals surface area contributed by atoms with E-state index in [1.807, 2.05) is 0 Å². The van der Waals surface area contributed by atoms with Crippen molar-refractivity contribution in [3.8, 4) is 0 Å². The van der Waals surface area contributed by atoms with Crippen LogP contribution in [0.25, 0.3) is 0 Å². The first-order valence-electron chi connectivity index (χ1n) is 4.59. The molecule has 0 saturated heterocycles. The minimum atomic E-state index is -2.68. The van der Waals surface area contributed by atoms with Gasteiger partial charge in [-0.05, 0) is 6.42 Å². The van der Waals surface area contributed by atoms with Crippen LogP contribution in [0.15, 0.2) is 0 Å². The molecule has 8 nitrogen and oxygen atoms in total. The van der Waals surface area contributed by atoms with Crippen molar-refractivity contribution in [3.63, 3.8) is 0 Å². The van der Waals surface area contributed by atoms with E-state index in [0.717, 1.165) is 0 Å². The SMILES string of the molecule is CCCC(N)(O)C(O)(O)NCCN(O)O. The molecule has 1 unspecified atom stereocenters. The van der Waals surface area contributed by atoms with Gasteiger partial charge in [-0.25, -0.2) is 0 Å². The van der Waals surface area contributed by atoms with Crippen LogP contribution >= 0.6 is 0 Å². The van der Waals surface area contributed by atoms with Crippen molar-refractivity contribution >= 4 is 0 Å². The Labute approximate surface area is 87.5 Å². The Balaban J connectivity index is 4.15. The Kier molecular flexibility index (Phi) is 5.56. The van der Waals surface area contributed by atoms with Gasteiger partial charge in [0.1, 0.15) is 0 Å². The van der Waals surface area contributed by atoms with Crippen molar-refractivity contribution in [1.82, 2.24) is 10.5 Å². The molecule has 0 fully saturated rings. The summed E-state index contributed by atoms with van der Waals surface area (Å²) in [6, 6.07) is 0. The van der Waals surface area contributed by atoms with Gasteiger partial charge in [-0.2, -0.15) is 0 Å². The van der Waals surface area contributed by atoms with E-state index in [4.69, 9.17) is 16.1 Å². The standard InChI is InChI=1S/C7H19N3O5/c1-2-3-6(8,11)7(12,13)9-4-5-10(14)15/h9,11-15H,2-5,8H2,1H3. The van der Waals surface area contributed by atoms with Gasteiger partial charge in [0.2, 0.25) is 0 Å². The summed E-state index contributed by atoms with van der Waals surface area (Å²) in [7, 11) is 0. The number of hydrogen-bond acceptors (Lipinski definition) is 8. The first-order chi connectivity index (χ1) is 6.73. The lowest BCUT2D eigenvalue weighted by atomic mass is 10.0. The quantitative estimate of drug-likeness (QED) is 0.190. The zero-order valence-corrected chi connectivity index (χ0v) is 8.59. The Bertz CT molecular complexity index is 185. The largest absolute Gasteiger partial charge is 0.370 e. The molecule has 0 spiro atoms. The van der Waals surface area contributed by atoms with Gasteiger partial charge in [0, 0.05) is 6.54 Å². The Morgan fingerprint density at radius 2 is 1.80 bits per heavy atom. The van der Waals surface area contributed by atoms with Crippen LogP contribution in [0, 0.1) is 0 Å². The normalized spacial score (nSPS) is 16.8. The maximum absolute atomic E-state index is 9.48. The monoisotopic (exact) mass is 225 g/mol. The molecule has 0 aliphatic carbocycles. The fourth-order valence-electron chi connectivity index (χ4n) is 1.04. The molecule has 0 aromatic carbocycles. The summed E-state index contributed by atoms with van der Waals surface area (Å²) in [6.07, 6.45) is 0.443. The minimum absolute atomic E-state index is 0.0189. The maximum atomic E-state index is 9.48. The van der Waals surface area contributed by atoms with Gasteiger partial charge in [0.05, 0.1) is 6.54 Å². The predicted molar refractivity (Wildman–Crippen MR) is 49.5 cm³/mol. The van der Waals surface area contributed by atoms with E-state index >= 15 is 0 Å². The fourth-order valence-corrected chi connectivity index (χ4v) is 1.04. The zero-order valence-electron chi connectivity index (χ0n) is 8.59. The van der Waals surface area contributed by atoms with Gasteiger partial charge < -0.3 is 15.3 Å². The molecular weight excluding hydrogens is 206 g/mol. The second kappa shape index (κ2) is 5.68. The molecule has 0 heterocycles. The van der Waals surface area contributed by atoms with Gasteiger partial charge >= 0.3 is 0 Å². The van der Waals surface area contributed by atoms with Crippen molar-refractivity contribution < 1.29 is 25.7 Å². The molecule has 1 atom stereocenters. The van der Waals surface area contributed by atoms with Crippen LogP contribution in [0.4, 0.5) is 0 Å². The predicted octanol–water partition coefficient (Wildman–Crippen LogP) is -2.26. The summed E-state index contributed by atoms with van der Waals surface area (Å²) in [6.45, 7) is 1.27. The molecule has 0 amide bonds. The molecule has 8 N–H and O–H groups in total. The smallest absolute Gasteiger partial charge is 0.267 e. The highest BCUT2D eigenvalue weighted by Gasteiger charge is 2.44. The molecule has 8 heteroatoms. The van der Waals surface area contributed by atoms with Crippen molar-refractivity contribution in [2.45, 2.75) is 31.4 Å². The third kappa shape index (κ3) is 4.82. The molecule has 0 radical (unpaired) electrons. The highest BCUT2D eigenvalue weighted by Crippen LogP contribution is 2.16. The molecule has 0 aliphatic rings.